The molecule has 3 saturated heterocycles. The predicted octanol–water partition coefficient (Wildman–Crippen LogP) is 3.31. The maximum atomic E-state index is 13.1. The van der Waals surface area contributed by atoms with Crippen molar-refractivity contribution in [2.24, 2.45) is 5.92 Å². The topological polar surface area (TPSA) is 58.8 Å². The maximum absolute atomic E-state index is 13.1. The fourth-order valence-corrected chi connectivity index (χ4v) is 4.48. The van der Waals surface area contributed by atoms with Gasteiger partial charge in [-0.25, -0.2) is 0 Å². The van der Waals surface area contributed by atoms with Crippen molar-refractivity contribution >= 4 is 5.91 Å². The summed E-state index contributed by atoms with van der Waals surface area (Å²) in [6.07, 6.45) is 2.06. The van der Waals surface area contributed by atoms with Crippen LogP contribution in [-0.4, -0.2) is 46.6 Å². The van der Waals surface area contributed by atoms with Gasteiger partial charge < -0.3 is 14.2 Å². The molecule has 0 radical (unpaired) electrons. The van der Waals surface area contributed by atoms with Gasteiger partial charge in [0.2, 0.25) is 5.91 Å². The number of hydrogen-bond acceptors (Lipinski definition) is 5. The summed E-state index contributed by atoms with van der Waals surface area (Å²) in [5, 5.41) is 4.05. The van der Waals surface area contributed by atoms with Gasteiger partial charge in [-0.05, 0) is 51.3 Å². The number of carbonyl (C=O) groups excluding carboxylic acids is 1. The molecule has 3 aliphatic rings. The minimum Gasteiger partial charge on any atom is -0.494 e. The molecular weight excluding hydrogens is 354 g/mol. The van der Waals surface area contributed by atoms with E-state index in [2.05, 4.69) is 27.1 Å². The normalized spacial score (nSPS) is 22.5. The summed E-state index contributed by atoms with van der Waals surface area (Å²) in [5.74, 6) is 2.09. The summed E-state index contributed by atoms with van der Waals surface area (Å²) < 4.78 is 10.8. The van der Waals surface area contributed by atoms with Crippen molar-refractivity contribution in [1.82, 2.24) is 15.0 Å². The molecule has 3 aliphatic heterocycles. The average molecular weight is 383 g/mol. The smallest absolute Gasteiger partial charge is 0.227 e. The molecule has 2 bridgehead atoms. The Labute approximate surface area is 166 Å². The van der Waals surface area contributed by atoms with Crippen LogP contribution in [0, 0.1) is 19.8 Å². The average Bonchev–Trinajstić information content (AvgIpc) is 2.84. The molecule has 1 amide bonds. The van der Waals surface area contributed by atoms with Crippen molar-refractivity contribution in [3.05, 3.63) is 46.8 Å². The van der Waals surface area contributed by atoms with Crippen LogP contribution < -0.4 is 4.74 Å². The van der Waals surface area contributed by atoms with Gasteiger partial charge in [0.25, 0.3) is 0 Å². The van der Waals surface area contributed by atoms with Crippen LogP contribution >= 0.6 is 0 Å². The number of benzene rings is 1. The standard InChI is InChI=1S/C22H29N3O3/c1-4-27-20-9-5-17(6-10-20)11-24-12-18-7-8-19(13-24)25(22(18)26)14-21-15(2)23-28-16(21)3/h5-6,9-10,18-19H,4,7-8,11-14H2,1-3H3/t18-,19+/m0/s1. The highest BCUT2D eigenvalue weighted by molar-refractivity contribution is 5.80. The van der Waals surface area contributed by atoms with Gasteiger partial charge in [0.1, 0.15) is 11.5 Å². The van der Waals surface area contributed by atoms with Crippen molar-refractivity contribution in [2.45, 2.75) is 52.7 Å². The molecule has 3 fully saturated rings. The van der Waals surface area contributed by atoms with Gasteiger partial charge in [-0.2, -0.15) is 0 Å². The Bertz CT molecular complexity index is 811. The van der Waals surface area contributed by atoms with Gasteiger partial charge >= 0.3 is 0 Å². The van der Waals surface area contributed by atoms with Crippen LogP contribution in [0.3, 0.4) is 0 Å². The van der Waals surface area contributed by atoms with E-state index >= 15 is 0 Å². The molecule has 150 valence electrons. The maximum Gasteiger partial charge on any atom is 0.227 e. The predicted molar refractivity (Wildman–Crippen MR) is 106 cm³/mol. The second kappa shape index (κ2) is 7.95. The highest BCUT2D eigenvalue weighted by Gasteiger charge is 2.41. The van der Waals surface area contributed by atoms with Gasteiger partial charge in [-0.3, -0.25) is 9.69 Å². The van der Waals surface area contributed by atoms with Crippen LogP contribution in [-0.2, 0) is 17.9 Å². The minimum atomic E-state index is 0.0851. The zero-order valence-corrected chi connectivity index (χ0v) is 17.0. The summed E-state index contributed by atoms with van der Waals surface area (Å²) in [6, 6.07) is 8.56. The number of aryl methyl sites for hydroxylation is 2. The molecule has 0 saturated carbocycles. The number of amides is 1. The number of hydrogen-bond donors (Lipinski definition) is 0. The molecule has 2 atom stereocenters. The molecule has 0 N–H and O–H groups in total. The first-order chi connectivity index (χ1) is 13.5. The molecule has 6 heteroatoms. The van der Waals surface area contributed by atoms with Gasteiger partial charge in [-0.15, -0.1) is 0 Å². The molecule has 28 heavy (non-hydrogen) atoms. The van der Waals surface area contributed by atoms with Crippen LogP contribution in [0.25, 0.3) is 0 Å². The molecule has 5 rings (SSSR count). The minimum absolute atomic E-state index is 0.0851. The first-order valence-electron chi connectivity index (χ1n) is 10.2. The van der Waals surface area contributed by atoms with Gasteiger partial charge in [0, 0.05) is 31.2 Å². The summed E-state index contributed by atoms with van der Waals surface area (Å²) in [5.41, 5.74) is 3.20. The third-order valence-corrected chi connectivity index (χ3v) is 6.02. The Morgan fingerprint density at radius 1 is 1.14 bits per heavy atom. The Balaban J connectivity index is 1.47. The number of carbonyl (C=O) groups is 1. The molecule has 4 heterocycles. The zero-order chi connectivity index (χ0) is 19.7. The van der Waals surface area contributed by atoms with Crippen LogP contribution in [0.15, 0.2) is 28.8 Å². The Morgan fingerprint density at radius 2 is 1.93 bits per heavy atom. The van der Waals surface area contributed by atoms with Gasteiger partial charge in [0.15, 0.2) is 0 Å². The second-order valence-corrected chi connectivity index (χ2v) is 7.97. The Kier molecular flexibility index (Phi) is 5.40. The van der Waals surface area contributed by atoms with Crippen molar-refractivity contribution in [1.29, 1.82) is 0 Å². The molecule has 0 aliphatic carbocycles. The highest BCUT2D eigenvalue weighted by Crippen LogP contribution is 2.32. The van der Waals surface area contributed by atoms with Gasteiger partial charge in [0.05, 0.1) is 24.8 Å². The van der Waals surface area contributed by atoms with E-state index in [1.807, 2.05) is 32.9 Å². The number of piperidine rings is 1. The monoisotopic (exact) mass is 383 g/mol. The quantitative estimate of drug-likeness (QED) is 0.766. The van der Waals surface area contributed by atoms with Crippen molar-refractivity contribution < 1.29 is 14.1 Å². The highest BCUT2D eigenvalue weighted by atomic mass is 16.5. The van der Waals surface area contributed by atoms with Crippen molar-refractivity contribution in [3.63, 3.8) is 0 Å². The van der Waals surface area contributed by atoms with E-state index in [1.54, 1.807) is 0 Å². The Hall–Kier alpha value is -2.34. The zero-order valence-electron chi connectivity index (χ0n) is 17.0. The van der Waals surface area contributed by atoms with E-state index in [0.717, 1.165) is 55.2 Å². The largest absolute Gasteiger partial charge is 0.494 e. The number of nitrogens with zero attached hydrogens (tertiary/aromatic N) is 3. The molecule has 1 aromatic heterocycles. The lowest BCUT2D eigenvalue weighted by atomic mass is 9.93. The van der Waals surface area contributed by atoms with Crippen LogP contribution in [0.4, 0.5) is 0 Å². The van der Waals surface area contributed by atoms with Crippen molar-refractivity contribution in [2.75, 3.05) is 19.7 Å². The van der Waals surface area contributed by atoms with E-state index in [9.17, 15) is 4.79 Å². The summed E-state index contributed by atoms with van der Waals surface area (Å²) in [4.78, 5) is 17.6. The van der Waals surface area contributed by atoms with Crippen molar-refractivity contribution in [3.8, 4) is 5.75 Å². The third-order valence-electron chi connectivity index (χ3n) is 6.02. The molecule has 6 nitrogen and oxygen atoms in total. The van der Waals surface area contributed by atoms with E-state index < -0.39 is 0 Å². The number of aromatic nitrogens is 1. The van der Waals surface area contributed by atoms with E-state index in [4.69, 9.17) is 9.26 Å². The van der Waals surface area contributed by atoms with E-state index in [-0.39, 0.29) is 17.9 Å². The lowest BCUT2D eigenvalue weighted by Gasteiger charge is -2.36. The fraction of sp³-hybridized carbons (Fsp3) is 0.545. The van der Waals surface area contributed by atoms with Crippen LogP contribution in [0.2, 0.25) is 0 Å². The summed E-state index contributed by atoms with van der Waals surface area (Å²) in [6.45, 7) is 9.77. The summed E-state index contributed by atoms with van der Waals surface area (Å²) >= 11 is 0. The molecule has 0 unspecified atom stereocenters. The molecular formula is C22H29N3O3. The third kappa shape index (κ3) is 3.78. The first kappa shape index (κ1) is 19.0. The number of ether oxygens (including phenoxy) is 1. The lowest BCUT2D eigenvalue weighted by Crippen LogP contribution is -2.47. The Morgan fingerprint density at radius 3 is 2.61 bits per heavy atom. The van der Waals surface area contributed by atoms with E-state index in [0.29, 0.717) is 13.2 Å². The fourth-order valence-electron chi connectivity index (χ4n) is 4.48. The molecule has 0 spiro atoms. The van der Waals surface area contributed by atoms with E-state index in [1.165, 1.54) is 5.56 Å². The molecule has 1 aromatic carbocycles. The second-order valence-electron chi connectivity index (χ2n) is 7.97. The summed E-state index contributed by atoms with van der Waals surface area (Å²) in [7, 11) is 0. The first-order valence-corrected chi connectivity index (χ1v) is 10.2. The van der Waals surface area contributed by atoms with Gasteiger partial charge in [-0.1, -0.05) is 17.3 Å². The lowest BCUT2D eigenvalue weighted by molar-refractivity contribution is -0.140. The van der Waals surface area contributed by atoms with Crippen LogP contribution in [0.1, 0.15) is 42.3 Å². The SMILES string of the molecule is CCOc1ccc(CN2C[C@@H]3CC[C@H](C2)N(Cc2c(C)noc2C)C3=O)cc1. The van der Waals surface area contributed by atoms with Crippen LogP contribution in [0.5, 0.6) is 5.75 Å². The number of rotatable bonds is 6. The number of fused-ring (bicyclic) bond motifs is 4. The molecule has 2 aromatic rings.